The third-order valence-corrected chi connectivity index (χ3v) is 4.25. The van der Waals surface area contributed by atoms with Gasteiger partial charge in [-0.3, -0.25) is 9.30 Å². The molecule has 1 fully saturated rings. The Labute approximate surface area is 119 Å². The van der Waals surface area contributed by atoms with Gasteiger partial charge in [0.25, 0.3) is 0 Å². The molecular formula is C15H23N5. The smallest absolute Gasteiger partial charge is 0.234 e. The fourth-order valence-corrected chi connectivity index (χ4v) is 3.02. The maximum absolute atomic E-state index is 6.08. The number of likely N-dealkylation sites (tertiary alicyclic amines) is 1. The van der Waals surface area contributed by atoms with Gasteiger partial charge < -0.3 is 5.73 Å². The van der Waals surface area contributed by atoms with E-state index in [4.69, 9.17) is 5.73 Å². The maximum atomic E-state index is 6.08. The predicted octanol–water partition coefficient (Wildman–Crippen LogP) is 1.52. The number of aromatic nitrogens is 3. The number of piperidine rings is 1. The van der Waals surface area contributed by atoms with E-state index in [0.29, 0.717) is 12.0 Å². The highest BCUT2D eigenvalue weighted by atomic mass is 15.2. The van der Waals surface area contributed by atoms with Crippen molar-refractivity contribution in [1.82, 2.24) is 19.3 Å². The van der Waals surface area contributed by atoms with Crippen molar-refractivity contribution in [3.05, 3.63) is 29.3 Å². The van der Waals surface area contributed by atoms with Gasteiger partial charge in [0.05, 0.1) is 5.69 Å². The van der Waals surface area contributed by atoms with E-state index in [1.54, 1.807) is 0 Å². The first-order valence-electron chi connectivity index (χ1n) is 7.33. The summed E-state index contributed by atoms with van der Waals surface area (Å²) in [5.74, 6) is 1.36. The molecule has 108 valence electrons. The molecule has 0 spiro atoms. The lowest BCUT2D eigenvalue weighted by atomic mass is 9.95. The van der Waals surface area contributed by atoms with Gasteiger partial charge in [0, 0.05) is 43.3 Å². The third kappa shape index (κ3) is 2.55. The Morgan fingerprint density at radius 3 is 2.90 bits per heavy atom. The molecule has 0 radical (unpaired) electrons. The number of imidazole rings is 1. The molecule has 2 atom stereocenters. The minimum Gasteiger partial charge on any atom is -0.327 e. The van der Waals surface area contributed by atoms with Crippen molar-refractivity contribution in [1.29, 1.82) is 0 Å². The molecule has 2 aromatic heterocycles. The second kappa shape index (κ2) is 5.14. The molecule has 2 N–H and O–H groups in total. The largest absolute Gasteiger partial charge is 0.327 e. The highest BCUT2D eigenvalue weighted by molar-refractivity contribution is 5.34. The van der Waals surface area contributed by atoms with Gasteiger partial charge in [0.15, 0.2) is 0 Å². The molecule has 2 unspecified atom stereocenters. The normalized spacial score (nSPS) is 24.4. The SMILES string of the molecule is Cc1cc(C)n2cc(CN3CCC(N)C(C)C3)nc2n1. The Bertz CT molecular complexity index is 618. The first kappa shape index (κ1) is 13.5. The third-order valence-electron chi connectivity index (χ3n) is 4.25. The van der Waals surface area contributed by atoms with Gasteiger partial charge in [-0.05, 0) is 32.3 Å². The minimum absolute atomic E-state index is 0.346. The van der Waals surface area contributed by atoms with E-state index in [9.17, 15) is 0 Å². The summed E-state index contributed by atoms with van der Waals surface area (Å²) >= 11 is 0. The summed E-state index contributed by atoms with van der Waals surface area (Å²) in [5.41, 5.74) is 9.37. The van der Waals surface area contributed by atoms with Gasteiger partial charge in [-0.1, -0.05) is 6.92 Å². The highest BCUT2D eigenvalue weighted by Crippen LogP contribution is 2.17. The number of fused-ring (bicyclic) bond motifs is 1. The van der Waals surface area contributed by atoms with Crippen LogP contribution in [0.1, 0.15) is 30.4 Å². The minimum atomic E-state index is 0.346. The molecule has 0 aromatic carbocycles. The lowest BCUT2D eigenvalue weighted by Gasteiger charge is -2.34. The fraction of sp³-hybridized carbons (Fsp3) is 0.600. The summed E-state index contributed by atoms with van der Waals surface area (Å²) < 4.78 is 2.07. The highest BCUT2D eigenvalue weighted by Gasteiger charge is 2.23. The van der Waals surface area contributed by atoms with Gasteiger partial charge in [-0.15, -0.1) is 0 Å². The first-order chi connectivity index (χ1) is 9.52. The van der Waals surface area contributed by atoms with Gasteiger partial charge in [-0.25, -0.2) is 9.97 Å². The molecular weight excluding hydrogens is 250 g/mol. The van der Waals surface area contributed by atoms with Crippen molar-refractivity contribution in [2.75, 3.05) is 13.1 Å². The molecule has 0 saturated carbocycles. The number of nitrogens with zero attached hydrogens (tertiary/aromatic N) is 4. The summed E-state index contributed by atoms with van der Waals surface area (Å²) in [4.78, 5) is 11.6. The number of rotatable bonds is 2. The Morgan fingerprint density at radius 1 is 1.35 bits per heavy atom. The Kier molecular flexibility index (Phi) is 3.48. The van der Waals surface area contributed by atoms with Gasteiger partial charge in [0.2, 0.25) is 5.78 Å². The van der Waals surface area contributed by atoms with Crippen LogP contribution in [0.5, 0.6) is 0 Å². The monoisotopic (exact) mass is 273 g/mol. The van der Waals surface area contributed by atoms with Crippen molar-refractivity contribution in [3.8, 4) is 0 Å². The van der Waals surface area contributed by atoms with E-state index in [1.165, 1.54) is 5.69 Å². The topological polar surface area (TPSA) is 59.5 Å². The lowest BCUT2D eigenvalue weighted by molar-refractivity contribution is 0.156. The lowest BCUT2D eigenvalue weighted by Crippen LogP contribution is -2.45. The average molecular weight is 273 g/mol. The van der Waals surface area contributed by atoms with Crippen LogP contribution in [0, 0.1) is 19.8 Å². The summed E-state index contributed by atoms with van der Waals surface area (Å²) in [6.45, 7) is 9.34. The van der Waals surface area contributed by atoms with Crippen molar-refractivity contribution in [2.24, 2.45) is 11.7 Å². The van der Waals surface area contributed by atoms with Crippen LogP contribution in [0.4, 0.5) is 0 Å². The van der Waals surface area contributed by atoms with Crippen LogP contribution in [-0.4, -0.2) is 38.4 Å². The summed E-state index contributed by atoms with van der Waals surface area (Å²) in [5, 5.41) is 0. The molecule has 1 aliphatic heterocycles. The van der Waals surface area contributed by atoms with Gasteiger partial charge >= 0.3 is 0 Å². The summed E-state index contributed by atoms with van der Waals surface area (Å²) in [6, 6.07) is 2.43. The first-order valence-corrected chi connectivity index (χ1v) is 7.33. The molecule has 20 heavy (non-hydrogen) atoms. The molecule has 5 nitrogen and oxygen atoms in total. The fourth-order valence-electron chi connectivity index (χ4n) is 3.02. The van der Waals surface area contributed by atoms with Crippen molar-refractivity contribution < 1.29 is 0 Å². The zero-order valence-electron chi connectivity index (χ0n) is 12.5. The summed E-state index contributed by atoms with van der Waals surface area (Å²) in [7, 11) is 0. The summed E-state index contributed by atoms with van der Waals surface area (Å²) in [6.07, 6.45) is 3.18. The maximum Gasteiger partial charge on any atom is 0.234 e. The van der Waals surface area contributed by atoms with Crippen molar-refractivity contribution in [2.45, 2.75) is 39.8 Å². The van der Waals surface area contributed by atoms with E-state index in [1.807, 2.05) is 6.92 Å². The molecule has 0 bridgehead atoms. The molecule has 1 saturated heterocycles. The number of hydrogen-bond acceptors (Lipinski definition) is 4. The van der Waals surface area contributed by atoms with E-state index < -0.39 is 0 Å². The van der Waals surface area contributed by atoms with Crippen LogP contribution < -0.4 is 5.73 Å². The quantitative estimate of drug-likeness (QED) is 0.901. The average Bonchev–Trinajstić information content (AvgIpc) is 2.76. The Morgan fingerprint density at radius 2 is 2.15 bits per heavy atom. The molecule has 2 aromatic rings. The molecule has 3 rings (SSSR count). The molecule has 0 aliphatic carbocycles. The number of hydrogen-bond donors (Lipinski definition) is 1. The van der Waals surface area contributed by atoms with Crippen LogP contribution in [-0.2, 0) is 6.54 Å². The van der Waals surface area contributed by atoms with Crippen LogP contribution >= 0.6 is 0 Å². The van der Waals surface area contributed by atoms with E-state index in [2.05, 4.69) is 45.4 Å². The molecule has 1 aliphatic rings. The molecule has 5 heteroatoms. The zero-order valence-corrected chi connectivity index (χ0v) is 12.5. The van der Waals surface area contributed by atoms with E-state index >= 15 is 0 Å². The van der Waals surface area contributed by atoms with E-state index in [0.717, 1.165) is 43.2 Å². The second-order valence-electron chi connectivity index (χ2n) is 6.11. The van der Waals surface area contributed by atoms with Crippen molar-refractivity contribution >= 4 is 5.78 Å². The zero-order chi connectivity index (χ0) is 14.3. The molecule has 0 amide bonds. The van der Waals surface area contributed by atoms with Crippen LogP contribution in [0.3, 0.4) is 0 Å². The second-order valence-corrected chi connectivity index (χ2v) is 6.11. The van der Waals surface area contributed by atoms with E-state index in [-0.39, 0.29) is 0 Å². The van der Waals surface area contributed by atoms with Crippen LogP contribution in [0.25, 0.3) is 5.78 Å². The number of nitrogens with two attached hydrogens (primary N) is 1. The standard InChI is InChI=1S/C15H23N5/c1-10-7-19(5-4-14(10)16)8-13-9-20-12(3)6-11(2)17-15(20)18-13/h6,9-10,14H,4-5,7-8,16H2,1-3H3. The Balaban J connectivity index is 1.80. The Hall–Kier alpha value is -1.46. The van der Waals surface area contributed by atoms with Crippen LogP contribution in [0.15, 0.2) is 12.3 Å². The number of aryl methyl sites for hydroxylation is 2. The van der Waals surface area contributed by atoms with Gasteiger partial charge in [0.1, 0.15) is 0 Å². The van der Waals surface area contributed by atoms with Crippen molar-refractivity contribution in [3.63, 3.8) is 0 Å². The van der Waals surface area contributed by atoms with Crippen LogP contribution in [0.2, 0.25) is 0 Å². The van der Waals surface area contributed by atoms with Gasteiger partial charge in [-0.2, -0.15) is 0 Å². The predicted molar refractivity (Wildman–Crippen MR) is 79.5 cm³/mol. The molecule has 3 heterocycles.